The highest BCUT2D eigenvalue weighted by molar-refractivity contribution is 5.78. The smallest absolute Gasteiger partial charge is 0.227 e. The van der Waals surface area contributed by atoms with E-state index in [4.69, 9.17) is 9.47 Å². The standard InChI is InChI=1S/C20H25NO3/c1-5-15-6-8-16(9-7-15)13-20(22)21(2)14-17-10-11-18(23-3)19(12-17)24-4/h6-12H,5,13-14H2,1-4H3. The van der Waals surface area contributed by atoms with Gasteiger partial charge in [0.1, 0.15) is 0 Å². The second-order valence-electron chi connectivity index (χ2n) is 5.79. The molecule has 0 aliphatic carbocycles. The van der Waals surface area contributed by atoms with Crippen LogP contribution >= 0.6 is 0 Å². The molecular weight excluding hydrogens is 302 g/mol. The van der Waals surface area contributed by atoms with Crippen LogP contribution in [0.3, 0.4) is 0 Å². The van der Waals surface area contributed by atoms with Gasteiger partial charge in [0, 0.05) is 13.6 Å². The van der Waals surface area contributed by atoms with E-state index in [1.807, 2.05) is 37.4 Å². The Balaban J connectivity index is 2.00. The van der Waals surface area contributed by atoms with Crippen molar-refractivity contribution >= 4 is 5.91 Å². The van der Waals surface area contributed by atoms with Gasteiger partial charge in [-0.25, -0.2) is 0 Å². The quantitative estimate of drug-likeness (QED) is 0.782. The van der Waals surface area contributed by atoms with Gasteiger partial charge < -0.3 is 14.4 Å². The number of methoxy groups -OCH3 is 2. The number of likely N-dealkylation sites (N-methyl/N-ethyl adjacent to an activating group) is 1. The molecule has 0 aliphatic rings. The van der Waals surface area contributed by atoms with Crippen molar-refractivity contribution in [3.63, 3.8) is 0 Å². The first kappa shape index (κ1) is 17.9. The summed E-state index contributed by atoms with van der Waals surface area (Å²) in [4.78, 5) is 14.1. The third-order valence-electron chi connectivity index (χ3n) is 4.08. The van der Waals surface area contributed by atoms with Crippen LogP contribution in [0.2, 0.25) is 0 Å². The lowest BCUT2D eigenvalue weighted by atomic mass is 10.1. The Morgan fingerprint density at radius 2 is 1.50 bits per heavy atom. The Labute approximate surface area is 144 Å². The first-order valence-corrected chi connectivity index (χ1v) is 8.10. The first-order chi connectivity index (χ1) is 11.6. The molecule has 2 rings (SSSR count). The van der Waals surface area contributed by atoms with Crippen LogP contribution < -0.4 is 9.47 Å². The van der Waals surface area contributed by atoms with E-state index in [9.17, 15) is 4.79 Å². The third kappa shape index (κ3) is 4.51. The monoisotopic (exact) mass is 327 g/mol. The molecular formula is C20H25NO3. The zero-order valence-corrected chi connectivity index (χ0v) is 14.8. The molecule has 4 heteroatoms. The lowest BCUT2D eigenvalue weighted by molar-refractivity contribution is -0.129. The molecule has 0 fully saturated rings. The van der Waals surface area contributed by atoms with Gasteiger partial charge in [0.05, 0.1) is 20.6 Å². The normalized spacial score (nSPS) is 10.3. The summed E-state index contributed by atoms with van der Waals surface area (Å²) in [5.74, 6) is 1.45. The molecule has 2 aromatic rings. The van der Waals surface area contributed by atoms with E-state index in [2.05, 4.69) is 19.1 Å². The van der Waals surface area contributed by atoms with Crippen molar-refractivity contribution < 1.29 is 14.3 Å². The van der Waals surface area contributed by atoms with Crippen LogP contribution in [0.4, 0.5) is 0 Å². The molecule has 0 aliphatic heterocycles. The number of carbonyl (C=O) groups is 1. The molecule has 0 N–H and O–H groups in total. The van der Waals surface area contributed by atoms with Gasteiger partial charge in [0.25, 0.3) is 0 Å². The average molecular weight is 327 g/mol. The van der Waals surface area contributed by atoms with Crippen molar-refractivity contribution in [2.24, 2.45) is 0 Å². The fourth-order valence-electron chi connectivity index (χ4n) is 2.54. The van der Waals surface area contributed by atoms with Gasteiger partial charge in [0.2, 0.25) is 5.91 Å². The van der Waals surface area contributed by atoms with Crippen LogP contribution in [0, 0.1) is 0 Å². The largest absolute Gasteiger partial charge is 0.493 e. The molecule has 0 atom stereocenters. The Kier molecular flexibility index (Phi) is 6.24. The van der Waals surface area contributed by atoms with Crippen LogP contribution in [-0.2, 0) is 24.2 Å². The van der Waals surface area contributed by atoms with E-state index >= 15 is 0 Å². The number of ether oxygens (including phenoxy) is 2. The minimum Gasteiger partial charge on any atom is -0.493 e. The number of nitrogens with zero attached hydrogens (tertiary/aromatic N) is 1. The Morgan fingerprint density at radius 3 is 2.08 bits per heavy atom. The van der Waals surface area contributed by atoms with Gasteiger partial charge in [-0.1, -0.05) is 37.3 Å². The molecule has 24 heavy (non-hydrogen) atoms. The summed E-state index contributed by atoms with van der Waals surface area (Å²) >= 11 is 0. The van der Waals surface area contributed by atoms with Gasteiger partial charge in [-0.3, -0.25) is 4.79 Å². The number of rotatable bonds is 7. The van der Waals surface area contributed by atoms with Crippen LogP contribution in [0.25, 0.3) is 0 Å². The highest BCUT2D eigenvalue weighted by Crippen LogP contribution is 2.28. The number of hydrogen-bond donors (Lipinski definition) is 0. The summed E-state index contributed by atoms with van der Waals surface area (Å²) < 4.78 is 10.5. The van der Waals surface area contributed by atoms with Crippen LogP contribution in [0.5, 0.6) is 11.5 Å². The highest BCUT2D eigenvalue weighted by atomic mass is 16.5. The highest BCUT2D eigenvalue weighted by Gasteiger charge is 2.12. The lowest BCUT2D eigenvalue weighted by Crippen LogP contribution is -2.27. The van der Waals surface area contributed by atoms with E-state index in [-0.39, 0.29) is 5.91 Å². The molecule has 4 nitrogen and oxygen atoms in total. The van der Waals surface area contributed by atoms with E-state index < -0.39 is 0 Å². The topological polar surface area (TPSA) is 38.8 Å². The summed E-state index contributed by atoms with van der Waals surface area (Å²) in [6, 6.07) is 13.9. The first-order valence-electron chi connectivity index (χ1n) is 8.10. The summed E-state index contributed by atoms with van der Waals surface area (Å²) in [5.41, 5.74) is 3.33. The minimum absolute atomic E-state index is 0.0917. The molecule has 0 aromatic heterocycles. The van der Waals surface area contributed by atoms with Gasteiger partial charge in [-0.05, 0) is 35.2 Å². The fraction of sp³-hybridized carbons (Fsp3) is 0.350. The van der Waals surface area contributed by atoms with Crippen LogP contribution in [0.15, 0.2) is 42.5 Å². The Hall–Kier alpha value is -2.49. The van der Waals surface area contributed by atoms with E-state index in [0.29, 0.717) is 24.5 Å². The summed E-state index contributed by atoms with van der Waals surface area (Å²) in [7, 11) is 5.03. The number of carbonyl (C=O) groups excluding carboxylic acids is 1. The Bertz CT molecular complexity index is 680. The van der Waals surface area contributed by atoms with E-state index in [1.165, 1.54) is 5.56 Å². The molecule has 0 unspecified atom stereocenters. The molecule has 0 saturated heterocycles. The van der Waals surface area contributed by atoms with Gasteiger partial charge >= 0.3 is 0 Å². The average Bonchev–Trinajstić information content (AvgIpc) is 2.62. The number of benzene rings is 2. The molecule has 0 radical (unpaired) electrons. The second-order valence-corrected chi connectivity index (χ2v) is 5.79. The molecule has 0 spiro atoms. The Morgan fingerprint density at radius 1 is 0.917 bits per heavy atom. The van der Waals surface area contributed by atoms with Crippen molar-refractivity contribution in [1.29, 1.82) is 0 Å². The number of hydrogen-bond acceptors (Lipinski definition) is 3. The van der Waals surface area contributed by atoms with Crippen molar-refractivity contribution in [1.82, 2.24) is 4.90 Å². The van der Waals surface area contributed by atoms with Crippen LogP contribution in [0.1, 0.15) is 23.6 Å². The zero-order chi connectivity index (χ0) is 17.5. The minimum atomic E-state index is 0.0917. The predicted molar refractivity (Wildman–Crippen MR) is 95.5 cm³/mol. The van der Waals surface area contributed by atoms with Crippen molar-refractivity contribution in [3.05, 3.63) is 59.2 Å². The fourth-order valence-corrected chi connectivity index (χ4v) is 2.54. The lowest BCUT2D eigenvalue weighted by Gasteiger charge is -2.18. The number of aryl methyl sites for hydroxylation is 1. The maximum absolute atomic E-state index is 12.4. The molecule has 128 valence electrons. The van der Waals surface area contributed by atoms with Gasteiger partial charge in [0.15, 0.2) is 11.5 Å². The van der Waals surface area contributed by atoms with Crippen molar-refractivity contribution in [2.75, 3.05) is 21.3 Å². The molecule has 1 amide bonds. The molecule has 0 saturated carbocycles. The van der Waals surface area contributed by atoms with Gasteiger partial charge in [-0.2, -0.15) is 0 Å². The maximum atomic E-state index is 12.4. The third-order valence-corrected chi connectivity index (χ3v) is 4.08. The number of amides is 1. The van der Waals surface area contributed by atoms with Crippen molar-refractivity contribution in [2.45, 2.75) is 26.3 Å². The van der Waals surface area contributed by atoms with Gasteiger partial charge in [-0.15, -0.1) is 0 Å². The van der Waals surface area contributed by atoms with Crippen molar-refractivity contribution in [3.8, 4) is 11.5 Å². The second kappa shape index (κ2) is 8.39. The summed E-state index contributed by atoms with van der Waals surface area (Å²) in [5, 5.41) is 0. The maximum Gasteiger partial charge on any atom is 0.227 e. The zero-order valence-electron chi connectivity index (χ0n) is 14.8. The van der Waals surface area contributed by atoms with E-state index in [1.54, 1.807) is 19.1 Å². The molecule has 2 aromatic carbocycles. The SMILES string of the molecule is CCc1ccc(CC(=O)N(C)Cc2ccc(OC)c(OC)c2)cc1. The van der Waals surface area contributed by atoms with E-state index in [0.717, 1.165) is 17.5 Å². The predicted octanol–water partition coefficient (Wildman–Crippen LogP) is 3.47. The molecule has 0 heterocycles. The summed E-state index contributed by atoms with van der Waals surface area (Å²) in [6.45, 7) is 2.66. The molecule has 0 bridgehead atoms. The summed E-state index contributed by atoms with van der Waals surface area (Å²) in [6.07, 6.45) is 1.42. The van der Waals surface area contributed by atoms with Crippen LogP contribution in [-0.4, -0.2) is 32.1 Å².